The van der Waals surface area contributed by atoms with Crippen LogP contribution in [-0.4, -0.2) is 37.5 Å². The van der Waals surface area contributed by atoms with Gasteiger partial charge >= 0.3 is 24.1 Å². The van der Waals surface area contributed by atoms with Crippen LogP contribution in [0, 0.1) is 5.95 Å². The Balaban J connectivity index is 2.67. The van der Waals surface area contributed by atoms with E-state index < -0.39 is 45.7 Å². The number of imidazole rings is 1. The molecule has 0 atom stereocenters. The first-order chi connectivity index (χ1) is 10.2. The lowest BCUT2D eigenvalue weighted by Crippen LogP contribution is -2.61. The van der Waals surface area contributed by atoms with E-state index in [0.29, 0.717) is 0 Å². The van der Waals surface area contributed by atoms with E-state index in [-0.39, 0.29) is 12.7 Å². The van der Waals surface area contributed by atoms with Crippen molar-refractivity contribution in [2.45, 2.75) is 24.1 Å². The SMILES string of the molecule is Fc1ncnc2c1ncn2C(F)(F)C(F)(F)C(F)(F)C(F)(F)F. The number of hydrogen-bond donors (Lipinski definition) is 0. The molecule has 0 radical (unpaired) electrons. The highest BCUT2D eigenvalue weighted by Gasteiger charge is 2.82. The summed E-state index contributed by atoms with van der Waals surface area (Å²) < 4.78 is 127. The Morgan fingerprint density at radius 3 is 1.87 bits per heavy atom. The first kappa shape index (κ1) is 17.2. The fourth-order valence-corrected chi connectivity index (χ4v) is 1.53. The fraction of sp³-hybridized carbons (Fsp3) is 0.444. The van der Waals surface area contributed by atoms with Gasteiger partial charge in [0.1, 0.15) is 12.7 Å². The first-order valence-electron chi connectivity index (χ1n) is 5.29. The van der Waals surface area contributed by atoms with Gasteiger partial charge < -0.3 is 0 Å². The van der Waals surface area contributed by atoms with Gasteiger partial charge in [-0.1, -0.05) is 0 Å². The van der Waals surface area contributed by atoms with Gasteiger partial charge in [-0.15, -0.1) is 0 Å². The third kappa shape index (κ3) is 2.18. The van der Waals surface area contributed by atoms with Gasteiger partial charge in [0.25, 0.3) is 0 Å². The lowest BCUT2D eigenvalue weighted by atomic mass is 10.1. The average molecular weight is 356 g/mol. The Bertz CT molecular complexity index is 733. The smallest absolute Gasteiger partial charge is 0.248 e. The summed E-state index contributed by atoms with van der Waals surface area (Å²) in [6.07, 6.45) is -6.94. The Hall–Kier alpha value is -2.15. The van der Waals surface area contributed by atoms with Crippen LogP contribution < -0.4 is 0 Å². The molecule has 4 nitrogen and oxygen atoms in total. The van der Waals surface area contributed by atoms with E-state index in [9.17, 15) is 43.9 Å². The number of alkyl halides is 9. The largest absolute Gasteiger partial charge is 0.460 e. The summed E-state index contributed by atoms with van der Waals surface area (Å²) >= 11 is 0. The van der Waals surface area contributed by atoms with Gasteiger partial charge in [-0.25, -0.2) is 19.5 Å². The van der Waals surface area contributed by atoms with Crippen molar-refractivity contribution in [3.05, 3.63) is 18.6 Å². The molecule has 2 heterocycles. The maximum atomic E-state index is 13.7. The molecule has 0 unspecified atom stereocenters. The Morgan fingerprint density at radius 2 is 1.35 bits per heavy atom. The molecule has 0 aliphatic heterocycles. The highest BCUT2D eigenvalue weighted by atomic mass is 19.4. The quantitative estimate of drug-likeness (QED) is 0.626. The second kappa shape index (κ2) is 4.67. The number of rotatable bonds is 3. The molecule has 0 saturated carbocycles. The Morgan fingerprint density at radius 1 is 0.783 bits per heavy atom. The fourth-order valence-electron chi connectivity index (χ4n) is 1.53. The molecular formula is C9H2F10N4. The summed E-state index contributed by atoms with van der Waals surface area (Å²) in [4.78, 5) is 8.64. The van der Waals surface area contributed by atoms with Crippen molar-refractivity contribution in [3.63, 3.8) is 0 Å². The minimum Gasteiger partial charge on any atom is -0.248 e. The molecule has 14 heteroatoms. The van der Waals surface area contributed by atoms with Crippen LogP contribution in [0.3, 0.4) is 0 Å². The van der Waals surface area contributed by atoms with Crippen molar-refractivity contribution in [1.29, 1.82) is 0 Å². The van der Waals surface area contributed by atoms with Crippen LogP contribution in [0.25, 0.3) is 11.2 Å². The topological polar surface area (TPSA) is 43.6 Å². The van der Waals surface area contributed by atoms with Gasteiger partial charge in [-0.3, -0.25) is 0 Å². The predicted molar refractivity (Wildman–Crippen MR) is 51.4 cm³/mol. The maximum absolute atomic E-state index is 13.7. The van der Waals surface area contributed by atoms with Gasteiger partial charge in [0.05, 0.1) is 0 Å². The van der Waals surface area contributed by atoms with Crippen molar-refractivity contribution >= 4 is 11.2 Å². The van der Waals surface area contributed by atoms with Crippen molar-refractivity contribution in [3.8, 4) is 0 Å². The van der Waals surface area contributed by atoms with Crippen LogP contribution in [0.2, 0.25) is 0 Å². The molecule has 2 aromatic rings. The van der Waals surface area contributed by atoms with Gasteiger partial charge in [-0.2, -0.15) is 43.9 Å². The molecule has 0 fully saturated rings. The molecule has 0 aliphatic rings. The van der Waals surface area contributed by atoms with Gasteiger partial charge in [0, 0.05) is 0 Å². The minimum atomic E-state index is -7.08. The number of fused-ring (bicyclic) bond motifs is 1. The molecule has 23 heavy (non-hydrogen) atoms. The predicted octanol–water partition coefficient (Wildman–Crippen LogP) is 3.35. The monoisotopic (exact) mass is 356 g/mol. The number of aromatic nitrogens is 4. The third-order valence-electron chi connectivity index (χ3n) is 2.72. The van der Waals surface area contributed by atoms with E-state index in [1.54, 1.807) is 0 Å². The normalized spacial score (nSPS) is 14.5. The lowest BCUT2D eigenvalue weighted by molar-refractivity contribution is -0.413. The zero-order valence-electron chi connectivity index (χ0n) is 10.2. The van der Waals surface area contributed by atoms with Crippen molar-refractivity contribution in [1.82, 2.24) is 19.5 Å². The summed E-state index contributed by atoms with van der Waals surface area (Å²) in [5.74, 6) is -15.5. The van der Waals surface area contributed by atoms with Crippen LogP contribution in [0.15, 0.2) is 12.7 Å². The van der Waals surface area contributed by atoms with Crippen LogP contribution in [-0.2, 0) is 6.05 Å². The molecule has 0 aliphatic carbocycles. The molecule has 2 aromatic heterocycles. The molecule has 0 aromatic carbocycles. The first-order valence-corrected chi connectivity index (χ1v) is 5.29. The van der Waals surface area contributed by atoms with Crippen LogP contribution >= 0.6 is 0 Å². The second-order valence-corrected chi connectivity index (χ2v) is 4.14. The van der Waals surface area contributed by atoms with Crippen molar-refractivity contribution < 1.29 is 43.9 Å². The van der Waals surface area contributed by atoms with E-state index in [1.807, 2.05) is 0 Å². The molecular weight excluding hydrogens is 354 g/mol. The Kier molecular flexibility index (Phi) is 3.50. The van der Waals surface area contributed by atoms with E-state index >= 15 is 0 Å². The highest BCUT2D eigenvalue weighted by molar-refractivity contribution is 5.70. The van der Waals surface area contributed by atoms with E-state index in [1.165, 1.54) is 0 Å². The number of halogens is 10. The molecule has 0 amide bonds. The number of hydrogen-bond acceptors (Lipinski definition) is 3. The Labute approximate surface area is 118 Å². The zero-order chi connectivity index (χ0) is 17.8. The van der Waals surface area contributed by atoms with Gasteiger partial charge in [0.2, 0.25) is 5.95 Å². The van der Waals surface area contributed by atoms with Crippen LogP contribution in [0.5, 0.6) is 0 Å². The number of nitrogens with zero attached hydrogens (tertiary/aromatic N) is 4. The standard InChI is InChI=1S/C9H2F10N4/c10-4-3-5(21-1-20-4)23(2-22-3)9(18,19)7(13,14)6(11,12)8(15,16)17/h1-2H. The molecule has 0 bridgehead atoms. The molecule has 0 N–H and O–H groups in total. The highest BCUT2D eigenvalue weighted by Crippen LogP contribution is 2.55. The van der Waals surface area contributed by atoms with Crippen LogP contribution in [0.4, 0.5) is 43.9 Å². The molecule has 128 valence electrons. The third-order valence-corrected chi connectivity index (χ3v) is 2.72. The van der Waals surface area contributed by atoms with Crippen molar-refractivity contribution in [2.24, 2.45) is 0 Å². The summed E-state index contributed by atoms with van der Waals surface area (Å²) in [6, 6.07) is -6.12. The van der Waals surface area contributed by atoms with Crippen molar-refractivity contribution in [2.75, 3.05) is 0 Å². The average Bonchev–Trinajstić information content (AvgIpc) is 2.82. The van der Waals surface area contributed by atoms with E-state index in [4.69, 9.17) is 0 Å². The lowest BCUT2D eigenvalue weighted by Gasteiger charge is -2.33. The van der Waals surface area contributed by atoms with E-state index in [2.05, 4.69) is 15.0 Å². The summed E-state index contributed by atoms with van der Waals surface area (Å²) in [5.41, 5.74) is -2.50. The van der Waals surface area contributed by atoms with E-state index in [0.717, 1.165) is 0 Å². The minimum absolute atomic E-state index is 0.247. The second-order valence-electron chi connectivity index (χ2n) is 4.14. The molecule has 2 rings (SSSR count). The van der Waals surface area contributed by atoms with Crippen LogP contribution in [0.1, 0.15) is 0 Å². The molecule has 0 spiro atoms. The van der Waals surface area contributed by atoms with Gasteiger partial charge in [0.15, 0.2) is 11.2 Å². The summed E-state index contributed by atoms with van der Waals surface area (Å²) in [7, 11) is 0. The molecule has 0 saturated heterocycles. The zero-order valence-corrected chi connectivity index (χ0v) is 10.2. The van der Waals surface area contributed by atoms with Gasteiger partial charge in [-0.05, 0) is 0 Å². The summed E-state index contributed by atoms with van der Waals surface area (Å²) in [6.45, 7) is 0. The maximum Gasteiger partial charge on any atom is 0.460 e. The summed E-state index contributed by atoms with van der Waals surface area (Å²) in [5, 5.41) is 0.